The number of rotatable bonds is 6. The maximum absolute atomic E-state index is 9.53. The first kappa shape index (κ1) is 14.1. The molecule has 96 valence electrons. The van der Waals surface area contributed by atoms with Crippen LogP contribution in [-0.4, -0.2) is 18.3 Å². The normalized spacial score (nSPS) is 11.7. The molecule has 0 aromatic heterocycles. The summed E-state index contributed by atoms with van der Waals surface area (Å²) in [5, 5.41) is 20.2. The molecule has 0 bridgehead atoms. The van der Waals surface area contributed by atoms with Crippen molar-refractivity contribution < 1.29 is 10.2 Å². The molecular formula is C14H24O2Si. The molecule has 0 amide bonds. The standard InChI is InChI=1S/C14H24O2Si/c1-4-5-6-7-8-17(2,3)14-10-12(15)9-13(16)11-14/h9-11,15-16H,4-8H2,1-3H3. The average molecular weight is 252 g/mol. The molecule has 0 heterocycles. The van der Waals surface area contributed by atoms with Crippen LogP contribution in [0.5, 0.6) is 11.5 Å². The molecule has 0 saturated carbocycles. The molecule has 0 atom stereocenters. The predicted molar refractivity (Wildman–Crippen MR) is 75.8 cm³/mol. The van der Waals surface area contributed by atoms with Gasteiger partial charge in [0.05, 0.1) is 8.07 Å². The van der Waals surface area contributed by atoms with Gasteiger partial charge in [0.1, 0.15) is 11.5 Å². The Kier molecular flexibility index (Phi) is 5.06. The summed E-state index contributed by atoms with van der Waals surface area (Å²) in [5.41, 5.74) is 0. The Bertz CT molecular complexity index is 341. The Morgan fingerprint density at radius 3 is 2.06 bits per heavy atom. The number of phenols is 2. The second-order valence-electron chi connectivity index (χ2n) is 5.43. The van der Waals surface area contributed by atoms with Crippen molar-refractivity contribution >= 4 is 13.3 Å². The summed E-state index contributed by atoms with van der Waals surface area (Å²) in [7, 11) is -1.51. The van der Waals surface area contributed by atoms with Crippen LogP contribution in [0.3, 0.4) is 0 Å². The van der Waals surface area contributed by atoms with Gasteiger partial charge in [0.25, 0.3) is 0 Å². The van der Waals surface area contributed by atoms with Crippen LogP contribution >= 0.6 is 0 Å². The van der Waals surface area contributed by atoms with Crippen molar-refractivity contribution in [3.8, 4) is 11.5 Å². The first-order valence-corrected chi connectivity index (χ1v) is 9.70. The lowest BCUT2D eigenvalue weighted by molar-refractivity contribution is 0.451. The van der Waals surface area contributed by atoms with Crippen molar-refractivity contribution in [1.82, 2.24) is 0 Å². The summed E-state index contributed by atoms with van der Waals surface area (Å²) in [6.45, 7) is 6.82. The van der Waals surface area contributed by atoms with Gasteiger partial charge in [-0.05, 0) is 12.1 Å². The Morgan fingerprint density at radius 1 is 0.941 bits per heavy atom. The largest absolute Gasteiger partial charge is 0.508 e. The van der Waals surface area contributed by atoms with Crippen LogP contribution in [0.25, 0.3) is 0 Å². The van der Waals surface area contributed by atoms with E-state index in [0.717, 1.165) is 5.19 Å². The summed E-state index contributed by atoms with van der Waals surface area (Å²) in [6.07, 6.45) is 5.10. The highest BCUT2D eigenvalue weighted by molar-refractivity contribution is 6.89. The van der Waals surface area contributed by atoms with E-state index in [9.17, 15) is 10.2 Å². The summed E-state index contributed by atoms with van der Waals surface area (Å²) >= 11 is 0. The minimum atomic E-state index is -1.51. The highest BCUT2D eigenvalue weighted by Crippen LogP contribution is 2.21. The van der Waals surface area contributed by atoms with E-state index >= 15 is 0 Å². The molecule has 1 aromatic rings. The lowest BCUT2D eigenvalue weighted by Crippen LogP contribution is -2.40. The van der Waals surface area contributed by atoms with Gasteiger partial charge >= 0.3 is 0 Å². The molecule has 0 radical (unpaired) electrons. The summed E-state index contributed by atoms with van der Waals surface area (Å²) in [5.74, 6) is 0.350. The Morgan fingerprint density at radius 2 is 1.53 bits per heavy atom. The highest BCUT2D eigenvalue weighted by Gasteiger charge is 2.23. The molecule has 0 aliphatic heterocycles. The second-order valence-corrected chi connectivity index (χ2v) is 10.3. The molecule has 0 unspecified atom stereocenters. The molecule has 3 heteroatoms. The average Bonchev–Trinajstić information content (AvgIpc) is 2.23. The van der Waals surface area contributed by atoms with E-state index in [-0.39, 0.29) is 11.5 Å². The smallest absolute Gasteiger partial charge is 0.119 e. The Balaban J connectivity index is 2.67. The third-order valence-electron chi connectivity index (χ3n) is 3.34. The third-order valence-corrected chi connectivity index (χ3v) is 6.79. The van der Waals surface area contributed by atoms with Crippen LogP contribution in [0.1, 0.15) is 32.6 Å². The Hall–Kier alpha value is -0.963. The van der Waals surface area contributed by atoms with Crippen molar-refractivity contribution in [2.45, 2.75) is 51.7 Å². The minimum Gasteiger partial charge on any atom is -0.508 e. The molecule has 2 nitrogen and oxygen atoms in total. The van der Waals surface area contributed by atoms with Gasteiger partial charge in [0.2, 0.25) is 0 Å². The number of phenolic OH excluding ortho intramolecular Hbond substituents is 2. The third kappa shape index (κ3) is 4.42. The van der Waals surface area contributed by atoms with E-state index in [1.807, 2.05) is 12.1 Å². The van der Waals surface area contributed by atoms with Gasteiger partial charge in [-0.1, -0.05) is 56.9 Å². The SMILES string of the molecule is CCCCCC[Si](C)(C)c1cc(O)cc(O)c1. The Labute approximate surface area is 105 Å². The van der Waals surface area contributed by atoms with Gasteiger partial charge < -0.3 is 10.2 Å². The zero-order valence-electron chi connectivity index (χ0n) is 11.2. The first-order valence-electron chi connectivity index (χ1n) is 6.49. The van der Waals surface area contributed by atoms with Crippen molar-refractivity contribution in [3.05, 3.63) is 18.2 Å². The van der Waals surface area contributed by atoms with Crippen LogP contribution < -0.4 is 5.19 Å². The van der Waals surface area contributed by atoms with Crippen molar-refractivity contribution in [3.63, 3.8) is 0 Å². The maximum atomic E-state index is 9.53. The molecule has 1 rings (SSSR count). The van der Waals surface area contributed by atoms with Gasteiger partial charge in [-0.15, -0.1) is 0 Å². The fourth-order valence-corrected chi connectivity index (χ4v) is 4.62. The number of unbranched alkanes of at least 4 members (excludes halogenated alkanes) is 3. The maximum Gasteiger partial charge on any atom is 0.119 e. The molecule has 1 aromatic carbocycles. The summed E-state index contributed by atoms with van der Waals surface area (Å²) < 4.78 is 0. The van der Waals surface area contributed by atoms with Crippen molar-refractivity contribution in [2.75, 3.05) is 0 Å². The van der Waals surface area contributed by atoms with Crippen molar-refractivity contribution in [1.29, 1.82) is 0 Å². The zero-order valence-corrected chi connectivity index (χ0v) is 12.2. The van der Waals surface area contributed by atoms with Crippen LogP contribution in [0.15, 0.2) is 18.2 Å². The summed E-state index contributed by atoms with van der Waals surface area (Å²) in [4.78, 5) is 0. The number of benzene rings is 1. The van der Waals surface area contributed by atoms with Gasteiger partial charge in [-0.3, -0.25) is 0 Å². The molecular weight excluding hydrogens is 228 g/mol. The van der Waals surface area contributed by atoms with Gasteiger partial charge in [0.15, 0.2) is 0 Å². The molecule has 0 saturated heterocycles. The monoisotopic (exact) mass is 252 g/mol. The number of hydrogen-bond donors (Lipinski definition) is 2. The quantitative estimate of drug-likeness (QED) is 0.600. The molecule has 0 spiro atoms. The van der Waals surface area contributed by atoms with E-state index < -0.39 is 8.07 Å². The molecule has 0 aliphatic carbocycles. The lowest BCUT2D eigenvalue weighted by atomic mass is 10.2. The van der Waals surface area contributed by atoms with Crippen LogP contribution in [-0.2, 0) is 0 Å². The van der Waals surface area contributed by atoms with Gasteiger partial charge in [-0.2, -0.15) is 0 Å². The molecule has 17 heavy (non-hydrogen) atoms. The zero-order chi connectivity index (χ0) is 12.9. The van der Waals surface area contributed by atoms with Crippen molar-refractivity contribution in [2.24, 2.45) is 0 Å². The van der Waals surface area contributed by atoms with E-state index in [2.05, 4.69) is 20.0 Å². The van der Waals surface area contributed by atoms with Crippen LogP contribution in [0.2, 0.25) is 19.1 Å². The van der Waals surface area contributed by atoms with Crippen LogP contribution in [0, 0.1) is 0 Å². The molecule has 2 N–H and O–H groups in total. The van der Waals surface area contributed by atoms with E-state index in [4.69, 9.17) is 0 Å². The van der Waals surface area contributed by atoms with E-state index in [0.29, 0.717) is 0 Å². The number of hydrogen-bond acceptors (Lipinski definition) is 2. The van der Waals surface area contributed by atoms with Crippen LogP contribution in [0.4, 0.5) is 0 Å². The molecule has 0 aliphatic rings. The van der Waals surface area contributed by atoms with E-state index in [1.54, 1.807) is 0 Å². The number of aromatic hydroxyl groups is 2. The first-order chi connectivity index (χ1) is 7.95. The fraction of sp³-hybridized carbons (Fsp3) is 0.571. The van der Waals surface area contributed by atoms with E-state index in [1.165, 1.54) is 37.8 Å². The summed E-state index contributed by atoms with van der Waals surface area (Å²) in [6, 6.07) is 6.23. The highest BCUT2D eigenvalue weighted by atomic mass is 28.3. The second kappa shape index (κ2) is 6.10. The lowest BCUT2D eigenvalue weighted by Gasteiger charge is -2.23. The predicted octanol–water partition coefficient (Wildman–Crippen LogP) is 3.59. The van der Waals surface area contributed by atoms with Gasteiger partial charge in [-0.25, -0.2) is 0 Å². The fourth-order valence-electron chi connectivity index (χ4n) is 2.12. The molecule has 0 fully saturated rings. The minimum absolute atomic E-state index is 0.175. The van der Waals surface area contributed by atoms with Gasteiger partial charge in [0, 0.05) is 6.07 Å². The topological polar surface area (TPSA) is 40.5 Å².